The molecule has 5 nitrogen and oxygen atoms in total. The molecule has 3 aromatic rings. The molecule has 0 bridgehead atoms. The third-order valence-corrected chi connectivity index (χ3v) is 4.41. The zero-order valence-electron chi connectivity index (χ0n) is 15.2. The Balaban J connectivity index is 1.95. The second kappa shape index (κ2) is 8.84. The number of ether oxygens (including phenoxy) is 2. The Hall–Kier alpha value is -2.93. The maximum atomic E-state index is 13.4. The number of nitrogens with zero attached hydrogens (tertiary/aromatic N) is 2. The molecule has 0 aliphatic heterocycles. The molecule has 0 aliphatic carbocycles. The van der Waals surface area contributed by atoms with Gasteiger partial charge in [0, 0.05) is 17.1 Å². The fraction of sp³-hybridized carbons (Fsp3) is 0.200. The van der Waals surface area contributed by atoms with Crippen molar-refractivity contribution in [1.82, 2.24) is 9.97 Å². The highest BCUT2D eigenvalue weighted by molar-refractivity contribution is 6.31. The van der Waals surface area contributed by atoms with Gasteiger partial charge in [0.2, 0.25) is 5.95 Å². The molecule has 2 aromatic carbocycles. The van der Waals surface area contributed by atoms with Gasteiger partial charge in [-0.25, -0.2) is 18.7 Å². The van der Waals surface area contributed by atoms with Gasteiger partial charge in [0.15, 0.2) is 11.5 Å². The van der Waals surface area contributed by atoms with Gasteiger partial charge in [0.1, 0.15) is 5.69 Å². The highest BCUT2D eigenvalue weighted by Gasteiger charge is 2.15. The van der Waals surface area contributed by atoms with Crippen LogP contribution in [0, 0.1) is 0 Å². The molecule has 1 aromatic heterocycles. The van der Waals surface area contributed by atoms with E-state index in [1.165, 1.54) is 20.3 Å². The second-order valence-electron chi connectivity index (χ2n) is 5.82. The van der Waals surface area contributed by atoms with E-state index < -0.39 is 6.43 Å². The molecule has 1 N–H and O–H groups in total. The van der Waals surface area contributed by atoms with Gasteiger partial charge >= 0.3 is 0 Å². The molecule has 0 amide bonds. The smallest absolute Gasteiger partial charge is 0.280 e. The fourth-order valence-corrected chi connectivity index (χ4v) is 2.82. The summed E-state index contributed by atoms with van der Waals surface area (Å²) in [6.07, 6.45) is -2.73. The third-order valence-electron chi connectivity index (χ3n) is 4.04. The minimum Gasteiger partial charge on any atom is -0.493 e. The number of aromatic nitrogens is 2. The fourth-order valence-electron chi connectivity index (χ4n) is 2.62. The topological polar surface area (TPSA) is 56.3 Å². The van der Waals surface area contributed by atoms with Crippen molar-refractivity contribution >= 4 is 17.5 Å². The van der Waals surface area contributed by atoms with Crippen LogP contribution in [0.4, 0.5) is 14.7 Å². The highest BCUT2D eigenvalue weighted by Crippen LogP contribution is 2.33. The first-order valence-corrected chi connectivity index (χ1v) is 8.76. The van der Waals surface area contributed by atoms with Gasteiger partial charge < -0.3 is 14.8 Å². The summed E-state index contributed by atoms with van der Waals surface area (Å²) < 4.78 is 37.2. The van der Waals surface area contributed by atoms with Gasteiger partial charge in [0.05, 0.1) is 19.9 Å². The zero-order valence-corrected chi connectivity index (χ0v) is 16.0. The van der Waals surface area contributed by atoms with Crippen molar-refractivity contribution in [3.05, 3.63) is 64.8 Å². The Bertz CT molecular complexity index is 970. The van der Waals surface area contributed by atoms with Crippen LogP contribution < -0.4 is 14.8 Å². The first-order valence-electron chi connectivity index (χ1n) is 8.38. The molecule has 8 heteroatoms. The number of methoxy groups -OCH3 is 2. The van der Waals surface area contributed by atoms with Crippen molar-refractivity contribution in [2.45, 2.75) is 13.0 Å². The van der Waals surface area contributed by atoms with Crippen LogP contribution in [0.2, 0.25) is 5.02 Å². The van der Waals surface area contributed by atoms with E-state index in [2.05, 4.69) is 15.3 Å². The molecule has 0 fully saturated rings. The van der Waals surface area contributed by atoms with Crippen LogP contribution in [-0.2, 0) is 6.54 Å². The number of hydrogen-bond donors (Lipinski definition) is 1. The molecule has 0 saturated carbocycles. The summed E-state index contributed by atoms with van der Waals surface area (Å²) in [5.74, 6) is 1.09. The largest absolute Gasteiger partial charge is 0.493 e. The van der Waals surface area contributed by atoms with Crippen LogP contribution in [0.5, 0.6) is 11.5 Å². The van der Waals surface area contributed by atoms with Crippen molar-refractivity contribution in [3.63, 3.8) is 0 Å². The Labute approximate surface area is 166 Å². The predicted molar refractivity (Wildman–Crippen MR) is 104 cm³/mol. The lowest BCUT2D eigenvalue weighted by molar-refractivity contribution is 0.146. The average Bonchev–Trinajstić information content (AvgIpc) is 2.72. The van der Waals surface area contributed by atoms with Crippen molar-refractivity contribution < 1.29 is 18.3 Å². The van der Waals surface area contributed by atoms with Crippen molar-refractivity contribution in [3.8, 4) is 22.8 Å². The summed E-state index contributed by atoms with van der Waals surface area (Å²) >= 11 is 6.13. The monoisotopic (exact) mass is 405 g/mol. The predicted octanol–water partition coefficient (Wildman–Crippen LogP) is 5.36. The van der Waals surface area contributed by atoms with Gasteiger partial charge in [-0.15, -0.1) is 0 Å². The molecule has 0 saturated heterocycles. The number of halogens is 3. The Morgan fingerprint density at radius 1 is 1.00 bits per heavy atom. The van der Waals surface area contributed by atoms with Gasteiger partial charge in [0.25, 0.3) is 6.43 Å². The summed E-state index contributed by atoms with van der Waals surface area (Å²) in [6.45, 7) is 0.303. The lowest BCUT2D eigenvalue weighted by atomic mass is 10.1. The van der Waals surface area contributed by atoms with E-state index in [1.807, 2.05) is 18.2 Å². The van der Waals surface area contributed by atoms with Crippen LogP contribution in [0.1, 0.15) is 17.7 Å². The molecular formula is C20H18ClF2N3O2. The zero-order chi connectivity index (χ0) is 20.1. The molecule has 28 heavy (non-hydrogen) atoms. The molecule has 3 rings (SSSR count). The Kier molecular flexibility index (Phi) is 6.26. The van der Waals surface area contributed by atoms with Crippen LogP contribution in [-0.4, -0.2) is 24.2 Å². The molecule has 146 valence electrons. The first kappa shape index (κ1) is 19.8. The SMILES string of the molecule is COc1ccc(-c2cc(C(F)F)nc(NCc3ccccc3Cl)n2)cc1OC. The summed E-state index contributed by atoms with van der Waals surface area (Å²) in [5, 5.41) is 3.53. The van der Waals surface area contributed by atoms with E-state index in [1.54, 1.807) is 24.3 Å². The maximum Gasteiger partial charge on any atom is 0.280 e. The van der Waals surface area contributed by atoms with Gasteiger partial charge in [-0.3, -0.25) is 0 Å². The van der Waals surface area contributed by atoms with Gasteiger partial charge in [-0.1, -0.05) is 29.8 Å². The summed E-state index contributed by atoms with van der Waals surface area (Å²) in [5.41, 5.74) is 1.37. The van der Waals surface area contributed by atoms with Gasteiger partial charge in [-0.05, 0) is 35.9 Å². The second-order valence-corrected chi connectivity index (χ2v) is 6.22. The molecule has 0 spiro atoms. The van der Waals surface area contributed by atoms with Crippen LogP contribution in [0.3, 0.4) is 0 Å². The molecule has 0 radical (unpaired) electrons. The number of rotatable bonds is 7. The number of alkyl halides is 2. The number of benzene rings is 2. The first-order chi connectivity index (χ1) is 13.5. The molecule has 0 unspecified atom stereocenters. The quantitative estimate of drug-likeness (QED) is 0.573. The van der Waals surface area contributed by atoms with Crippen LogP contribution >= 0.6 is 11.6 Å². The third kappa shape index (κ3) is 4.48. The minimum absolute atomic E-state index is 0.0857. The van der Waals surface area contributed by atoms with E-state index >= 15 is 0 Å². The van der Waals surface area contributed by atoms with Crippen LogP contribution in [0.15, 0.2) is 48.5 Å². The lowest BCUT2D eigenvalue weighted by Gasteiger charge is -2.12. The average molecular weight is 406 g/mol. The molecule has 0 aliphatic rings. The van der Waals surface area contributed by atoms with Crippen molar-refractivity contribution in [1.29, 1.82) is 0 Å². The van der Waals surface area contributed by atoms with Crippen molar-refractivity contribution in [2.24, 2.45) is 0 Å². The summed E-state index contributed by atoms with van der Waals surface area (Å²) in [7, 11) is 3.02. The van der Waals surface area contributed by atoms with E-state index in [9.17, 15) is 8.78 Å². The van der Waals surface area contributed by atoms with E-state index in [4.69, 9.17) is 21.1 Å². The number of nitrogens with one attached hydrogen (secondary N) is 1. The van der Waals surface area contributed by atoms with Gasteiger partial charge in [-0.2, -0.15) is 0 Å². The lowest BCUT2D eigenvalue weighted by Crippen LogP contribution is -2.07. The maximum absolute atomic E-state index is 13.4. The standard InChI is InChI=1S/C20H18ClF2N3O2/c1-27-17-8-7-12(9-18(17)28-2)15-10-16(19(22)23)26-20(25-15)24-11-13-5-3-4-6-14(13)21/h3-10,19H,11H2,1-2H3,(H,24,25,26). The number of hydrogen-bond acceptors (Lipinski definition) is 5. The minimum atomic E-state index is -2.73. The van der Waals surface area contributed by atoms with E-state index in [0.717, 1.165) is 5.56 Å². The summed E-state index contributed by atoms with van der Waals surface area (Å²) in [4.78, 5) is 8.27. The molecule has 1 heterocycles. The number of anilines is 1. The summed E-state index contributed by atoms with van der Waals surface area (Å²) in [6, 6.07) is 13.6. The Morgan fingerprint density at radius 2 is 1.75 bits per heavy atom. The Morgan fingerprint density at radius 3 is 2.43 bits per heavy atom. The molecular weight excluding hydrogens is 388 g/mol. The van der Waals surface area contributed by atoms with Crippen LogP contribution in [0.25, 0.3) is 11.3 Å². The van der Waals surface area contributed by atoms with E-state index in [0.29, 0.717) is 34.3 Å². The van der Waals surface area contributed by atoms with Crippen molar-refractivity contribution in [2.75, 3.05) is 19.5 Å². The van der Waals surface area contributed by atoms with E-state index in [-0.39, 0.29) is 11.6 Å². The molecule has 0 atom stereocenters. The highest BCUT2D eigenvalue weighted by atomic mass is 35.5. The normalized spacial score (nSPS) is 10.8.